The van der Waals surface area contributed by atoms with Crippen molar-refractivity contribution in [3.05, 3.63) is 34.4 Å². The lowest BCUT2D eigenvalue weighted by atomic mass is 9.41. The number of nitro groups is 1. The maximum Gasteiger partial charge on any atom is 0.514 e. The molecule has 1 heterocycles. The molecule has 2 spiro atoms. The van der Waals surface area contributed by atoms with Crippen LogP contribution in [-0.2, 0) is 14.2 Å². The highest BCUT2D eigenvalue weighted by Crippen LogP contribution is 2.89. The number of ether oxygens (including phenoxy) is 4. The van der Waals surface area contributed by atoms with Gasteiger partial charge in [-0.25, -0.2) is 4.79 Å². The monoisotopic (exact) mass is 683 g/mol. The highest BCUT2D eigenvalue weighted by molar-refractivity contribution is 5.64. The zero-order valence-corrected chi connectivity index (χ0v) is 30.6. The summed E-state index contributed by atoms with van der Waals surface area (Å²) in [6.45, 7) is 17.7. The Morgan fingerprint density at radius 2 is 1.71 bits per heavy atom. The van der Waals surface area contributed by atoms with E-state index < -0.39 is 28.9 Å². The molecule has 272 valence electrons. The van der Waals surface area contributed by atoms with Crippen LogP contribution < -0.4 is 4.74 Å². The fourth-order valence-electron chi connectivity index (χ4n) is 13.5. The van der Waals surface area contributed by atoms with E-state index in [1.165, 1.54) is 24.3 Å². The van der Waals surface area contributed by atoms with Crippen LogP contribution in [0.15, 0.2) is 24.3 Å². The Balaban J connectivity index is 1.10. The Labute approximate surface area is 290 Å². The maximum absolute atomic E-state index is 13.0. The van der Waals surface area contributed by atoms with Gasteiger partial charge in [0.2, 0.25) is 0 Å². The summed E-state index contributed by atoms with van der Waals surface area (Å²) >= 11 is 0. The molecule has 0 aromatic heterocycles. The second-order valence-corrected chi connectivity index (χ2v) is 18.3. The van der Waals surface area contributed by atoms with Gasteiger partial charge in [0.15, 0.2) is 0 Å². The number of nitro benzene ring substituents is 1. The van der Waals surface area contributed by atoms with Crippen LogP contribution in [0.4, 0.5) is 10.5 Å². The van der Waals surface area contributed by atoms with Crippen LogP contribution in [0, 0.1) is 60.9 Å². The van der Waals surface area contributed by atoms with Crippen LogP contribution in [0.25, 0.3) is 0 Å². The van der Waals surface area contributed by atoms with E-state index in [1.807, 2.05) is 6.92 Å². The number of aliphatic hydroxyl groups excluding tert-OH is 1. The summed E-state index contributed by atoms with van der Waals surface area (Å²) < 4.78 is 24.5. The maximum atomic E-state index is 13.0. The predicted octanol–water partition coefficient (Wildman–Crippen LogP) is 7.47. The first kappa shape index (κ1) is 35.1. The van der Waals surface area contributed by atoms with E-state index >= 15 is 0 Å². The van der Waals surface area contributed by atoms with Crippen LogP contribution in [0.1, 0.15) is 107 Å². The molecule has 5 saturated carbocycles. The second kappa shape index (κ2) is 11.4. The van der Waals surface area contributed by atoms with Gasteiger partial charge in [0.1, 0.15) is 18.0 Å². The van der Waals surface area contributed by atoms with Gasteiger partial charge in [0.05, 0.1) is 28.8 Å². The molecule has 13 atom stereocenters. The lowest BCUT2D eigenvalue weighted by Crippen LogP contribution is -2.60. The Hall–Kier alpha value is -2.27. The van der Waals surface area contributed by atoms with Gasteiger partial charge in [-0.3, -0.25) is 10.1 Å². The van der Waals surface area contributed by atoms with Gasteiger partial charge < -0.3 is 29.2 Å². The average molecular weight is 684 g/mol. The summed E-state index contributed by atoms with van der Waals surface area (Å²) in [5, 5.41) is 34.6. The molecule has 1 saturated heterocycles. The molecule has 0 radical (unpaired) electrons. The van der Waals surface area contributed by atoms with Crippen molar-refractivity contribution in [2.75, 3.05) is 6.61 Å². The SMILES string of the molecule is CCO[C@@H]([C@H]1C[C@@H](C)C2[C@H](O1)[C@H](O)[C@@]1(C)[C@@H]3CC[C@H]4C(C)(C)[C@@H](OC(=O)Oc5ccc([N+](=O)[O-])cc5)CC[C@@]45C[C@@]35CC[C@]21C)C(C)(C)O. The molecule has 0 amide bonds. The Bertz CT molecular complexity index is 1470. The third-order valence-corrected chi connectivity index (χ3v) is 15.6. The molecule has 1 aromatic rings. The number of benzene rings is 1. The van der Waals surface area contributed by atoms with E-state index in [1.54, 1.807) is 13.8 Å². The average Bonchev–Trinajstić information content (AvgIpc) is 3.65. The topological polar surface area (TPSA) is 138 Å². The van der Waals surface area contributed by atoms with E-state index in [0.29, 0.717) is 24.4 Å². The molecule has 0 bridgehead atoms. The van der Waals surface area contributed by atoms with Crippen molar-refractivity contribution >= 4 is 11.8 Å². The third-order valence-electron chi connectivity index (χ3n) is 15.6. The van der Waals surface area contributed by atoms with Gasteiger partial charge in [0, 0.05) is 29.6 Å². The molecule has 7 rings (SSSR count). The summed E-state index contributed by atoms with van der Waals surface area (Å²) in [6.07, 6.45) is 5.27. The molecule has 1 aromatic carbocycles. The van der Waals surface area contributed by atoms with Crippen LogP contribution in [0.3, 0.4) is 0 Å². The first-order chi connectivity index (χ1) is 22.9. The summed E-state index contributed by atoms with van der Waals surface area (Å²) in [5.74, 6) is 1.54. The Morgan fingerprint density at radius 3 is 2.35 bits per heavy atom. The second-order valence-electron chi connectivity index (χ2n) is 18.3. The molecule has 6 aliphatic rings. The van der Waals surface area contributed by atoms with E-state index in [9.17, 15) is 25.1 Å². The summed E-state index contributed by atoms with van der Waals surface area (Å²) in [7, 11) is 0. The Morgan fingerprint density at radius 1 is 1.06 bits per heavy atom. The quantitative estimate of drug-likeness (QED) is 0.130. The number of hydrogen-bond donors (Lipinski definition) is 2. The van der Waals surface area contributed by atoms with Crippen LogP contribution >= 0.6 is 0 Å². The minimum absolute atomic E-state index is 0.0682. The van der Waals surface area contributed by atoms with Crippen molar-refractivity contribution in [1.29, 1.82) is 0 Å². The number of hydrogen-bond acceptors (Lipinski definition) is 9. The van der Waals surface area contributed by atoms with Gasteiger partial charge in [-0.05, 0) is 124 Å². The molecule has 5 aliphatic carbocycles. The molecular weight excluding hydrogens is 626 g/mol. The molecular formula is C39H57NO9. The van der Waals surface area contributed by atoms with Crippen molar-refractivity contribution < 1.29 is 38.9 Å². The molecule has 10 heteroatoms. The highest BCUT2D eigenvalue weighted by Gasteiger charge is 2.84. The van der Waals surface area contributed by atoms with Crippen molar-refractivity contribution in [2.24, 2.45) is 50.7 Å². The van der Waals surface area contributed by atoms with E-state index in [2.05, 4.69) is 34.6 Å². The number of nitrogens with zero attached hydrogens (tertiary/aromatic N) is 1. The number of rotatable bonds is 7. The number of carbonyl (C=O) groups excluding carboxylic acids is 1. The van der Waals surface area contributed by atoms with Crippen LogP contribution in [-0.4, -0.2) is 64.0 Å². The number of carbonyl (C=O) groups is 1. The van der Waals surface area contributed by atoms with E-state index in [-0.39, 0.29) is 62.7 Å². The fraction of sp³-hybridized carbons (Fsp3) is 0.821. The first-order valence-corrected chi connectivity index (χ1v) is 18.7. The number of non-ortho nitro benzene ring substituents is 1. The molecule has 1 aliphatic heterocycles. The number of fused-ring (bicyclic) bond motifs is 4. The highest BCUT2D eigenvalue weighted by atomic mass is 16.7. The standard InChI is InChI=1S/C39H57NO9/c1-9-46-32(35(5,6)43)25-20-22(2)29-30(48-25)31(41)37(8)27-15-14-26-34(3,4)28(16-17-38(26)21-39(27,38)19-18-36(29,37)7)49-33(42)47-24-12-10-23(11-13-24)40(44)45/h10-13,22,25-32,41,43H,9,14-21H2,1-8H3/t22-,25-,26+,27+,28+,29?,30+,31+,32+,36-,37-,38-,39+/m1/s1. The van der Waals surface area contributed by atoms with Crippen molar-refractivity contribution in [1.82, 2.24) is 0 Å². The minimum Gasteiger partial charge on any atom is -0.430 e. The lowest BCUT2D eigenvalue weighted by Gasteiger charge is -2.63. The van der Waals surface area contributed by atoms with Crippen molar-refractivity contribution in [3.8, 4) is 5.75 Å². The normalized spacial score (nSPS) is 45.4. The molecule has 1 unspecified atom stereocenters. The van der Waals surface area contributed by atoms with E-state index in [0.717, 1.165) is 51.4 Å². The molecule has 2 N–H and O–H groups in total. The zero-order valence-electron chi connectivity index (χ0n) is 30.6. The lowest BCUT2D eigenvalue weighted by molar-refractivity contribution is -0.384. The van der Waals surface area contributed by atoms with Gasteiger partial charge >= 0.3 is 6.16 Å². The van der Waals surface area contributed by atoms with Crippen LogP contribution in [0.2, 0.25) is 0 Å². The largest absolute Gasteiger partial charge is 0.514 e. The molecule has 6 fully saturated rings. The Kier molecular flexibility index (Phi) is 8.15. The predicted molar refractivity (Wildman–Crippen MR) is 182 cm³/mol. The van der Waals surface area contributed by atoms with Gasteiger partial charge in [-0.15, -0.1) is 0 Å². The van der Waals surface area contributed by atoms with Crippen molar-refractivity contribution in [3.63, 3.8) is 0 Å². The summed E-state index contributed by atoms with van der Waals surface area (Å²) in [5.41, 5.74) is -1.44. The van der Waals surface area contributed by atoms with Gasteiger partial charge in [-0.2, -0.15) is 0 Å². The van der Waals surface area contributed by atoms with Gasteiger partial charge in [-0.1, -0.05) is 34.6 Å². The fourth-order valence-corrected chi connectivity index (χ4v) is 13.5. The molecule has 49 heavy (non-hydrogen) atoms. The smallest absolute Gasteiger partial charge is 0.430 e. The molecule has 10 nitrogen and oxygen atoms in total. The van der Waals surface area contributed by atoms with Gasteiger partial charge in [0.25, 0.3) is 5.69 Å². The van der Waals surface area contributed by atoms with Crippen molar-refractivity contribution in [2.45, 2.75) is 143 Å². The third kappa shape index (κ3) is 4.82. The van der Waals surface area contributed by atoms with Crippen LogP contribution in [0.5, 0.6) is 5.75 Å². The summed E-state index contributed by atoms with van der Waals surface area (Å²) in [4.78, 5) is 23.5. The minimum atomic E-state index is -1.06. The summed E-state index contributed by atoms with van der Waals surface area (Å²) in [6, 6.07) is 5.45. The van der Waals surface area contributed by atoms with E-state index in [4.69, 9.17) is 18.9 Å². The first-order valence-electron chi connectivity index (χ1n) is 18.7. The number of aliphatic hydroxyl groups is 2. The zero-order chi connectivity index (χ0) is 35.5.